The van der Waals surface area contributed by atoms with Crippen LogP contribution in [-0.4, -0.2) is 12.1 Å². The van der Waals surface area contributed by atoms with Gasteiger partial charge in [0.05, 0.1) is 6.21 Å². The molecule has 0 saturated carbocycles. The van der Waals surface area contributed by atoms with E-state index in [2.05, 4.69) is 10.5 Å². The number of hydrogen-bond donors (Lipinski definition) is 1. The number of amides is 1. The second kappa shape index (κ2) is 7.16. The molecular formula is C9H12IN3O2. The monoisotopic (exact) mass is 321 g/mol. The summed E-state index contributed by atoms with van der Waals surface area (Å²) in [6, 6.07) is 3.76. The Kier molecular flexibility index (Phi) is 6.59. The molecule has 0 aromatic carbocycles. The Hall–Kier alpha value is -1.18. The zero-order chi connectivity index (χ0) is 10.4. The van der Waals surface area contributed by atoms with E-state index < -0.39 is 5.91 Å². The number of nitrogens with one attached hydrogen (secondary N) is 1. The van der Waals surface area contributed by atoms with Gasteiger partial charge >= 0.3 is 0 Å². The normalized spacial score (nSPS) is 9.67. The number of nitrogens with zero attached hydrogens (tertiary/aromatic N) is 2. The maximum atomic E-state index is 10.8. The van der Waals surface area contributed by atoms with Gasteiger partial charge in [0, 0.05) is 18.2 Å². The van der Waals surface area contributed by atoms with E-state index in [-0.39, 0.29) is 24.0 Å². The molecule has 0 aliphatic heterocycles. The molecule has 0 atom stereocenters. The van der Waals surface area contributed by atoms with Crippen LogP contribution in [0.15, 0.2) is 29.7 Å². The number of pyridine rings is 1. The van der Waals surface area contributed by atoms with Crippen LogP contribution in [-0.2, 0) is 18.4 Å². The smallest absolute Gasteiger partial charge is 0.261 e. The second-order valence-corrected chi connectivity index (χ2v) is 2.83. The summed E-state index contributed by atoms with van der Waals surface area (Å²) >= 11 is 0. The molecule has 1 aromatic heterocycles. The van der Waals surface area contributed by atoms with Crippen LogP contribution >= 0.6 is 24.0 Å². The van der Waals surface area contributed by atoms with Crippen LogP contribution < -0.4 is 9.88 Å². The Bertz CT molecular complexity index is 355. The highest BCUT2D eigenvalue weighted by Crippen LogP contribution is 1.92. The van der Waals surface area contributed by atoms with Crippen LogP contribution in [0.25, 0.3) is 0 Å². The average Bonchev–Trinajstić information content (AvgIpc) is 2.15. The van der Waals surface area contributed by atoms with Gasteiger partial charge in [-0.2, -0.15) is 0 Å². The minimum Gasteiger partial charge on any atom is -0.792 e. The van der Waals surface area contributed by atoms with Gasteiger partial charge in [0.15, 0.2) is 12.4 Å². The molecule has 15 heavy (non-hydrogen) atoms. The lowest BCUT2D eigenvalue weighted by molar-refractivity contribution is -0.671. The molecule has 0 saturated heterocycles. The summed E-state index contributed by atoms with van der Waals surface area (Å²) < 4.78 is 1.88. The van der Waals surface area contributed by atoms with Crippen molar-refractivity contribution in [2.45, 2.75) is 6.54 Å². The van der Waals surface area contributed by atoms with Gasteiger partial charge in [0.2, 0.25) is 0 Å². The molecule has 1 N–H and O–H groups in total. The fraction of sp³-hybridized carbons (Fsp3) is 0.222. The van der Waals surface area contributed by atoms with Gasteiger partial charge in [-0.15, -0.1) is 24.0 Å². The highest BCUT2D eigenvalue weighted by Gasteiger charge is 1.99. The van der Waals surface area contributed by atoms with E-state index in [9.17, 15) is 10.0 Å². The van der Waals surface area contributed by atoms with E-state index >= 15 is 0 Å². The summed E-state index contributed by atoms with van der Waals surface area (Å²) in [7, 11) is 1.89. The fourth-order valence-corrected chi connectivity index (χ4v) is 1.04. The average molecular weight is 321 g/mol. The lowest BCUT2D eigenvalue weighted by Crippen LogP contribution is -2.29. The minimum absolute atomic E-state index is 0. The molecule has 0 unspecified atom stereocenters. The molecule has 6 heteroatoms. The number of aromatic nitrogens is 1. The summed E-state index contributed by atoms with van der Waals surface area (Å²) in [6.07, 6.45) is 4.49. The zero-order valence-electron chi connectivity index (χ0n) is 8.21. The van der Waals surface area contributed by atoms with Gasteiger partial charge in [0.25, 0.3) is 5.91 Å². The Morgan fingerprint density at radius 1 is 1.73 bits per heavy atom. The van der Waals surface area contributed by atoms with Gasteiger partial charge in [-0.1, -0.05) is 0 Å². The molecule has 0 radical (unpaired) electrons. The highest BCUT2D eigenvalue weighted by atomic mass is 127. The molecule has 0 spiro atoms. The quantitative estimate of drug-likeness (QED) is 0.377. The number of aryl methyl sites for hydroxylation is 1. The lowest BCUT2D eigenvalue weighted by Gasteiger charge is -2.00. The van der Waals surface area contributed by atoms with Crippen molar-refractivity contribution in [2.24, 2.45) is 12.2 Å². The van der Waals surface area contributed by atoms with Crippen molar-refractivity contribution in [1.82, 2.24) is 5.32 Å². The first-order valence-electron chi connectivity index (χ1n) is 4.10. The summed E-state index contributed by atoms with van der Waals surface area (Å²) in [5.74, 6) is -0.480. The van der Waals surface area contributed by atoms with Crippen molar-refractivity contribution in [3.63, 3.8) is 0 Å². The Balaban J connectivity index is 0.00000196. The molecule has 0 fully saturated rings. The summed E-state index contributed by atoms with van der Waals surface area (Å²) in [6.45, 7) is 0.388. The molecule has 1 heterocycles. The van der Waals surface area contributed by atoms with Crippen LogP contribution in [0.1, 0.15) is 5.56 Å². The zero-order valence-corrected chi connectivity index (χ0v) is 10.5. The first-order chi connectivity index (χ1) is 6.72. The van der Waals surface area contributed by atoms with Gasteiger partial charge in [-0.05, 0) is 6.07 Å². The number of carbonyl (C=O) groups excluding carboxylic acids is 1. The molecular weight excluding hydrogens is 309 g/mol. The van der Waals surface area contributed by atoms with Gasteiger partial charge in [0.1, 0.15) is 7.05 Å². The van der Waals surface area contributed by atoms with E-state index in [1.165, 1.54) is 0 Å². The predicted molar refractivity (Wildman–Crippen MR) is 66.7 cm³/mol. The van der Waals surface area contributed by atoms with E-state index in [1.807, 2.05) is 36.1 Å². The topological polar surface area (TPSA) is 68.4 Å². The molecule has 1 amide bonds. The molecule has 0 aliphatic carbocycles. The third-order valence-electron chi connectivity index (χ3n) is 1.64. The summed E-state index contributed by atoms with van der Waals surface area (Å²) in [5.41, 5.74) is 0.961. The van der Waals surface area contributed by atoms with Crippen LogP contribution in [0.5, 0.6) is 0 Å². The van der Waals surface area contributed by atoms with Crippen LogP contribution in [0.4, 0.5) is 0 Å². The van der Waals surface area contributed by atoms with Crippen molar-refractivity contribution < 1.29 is 9.36 Å². The molecule has 82 valence electrons. The largest absolute Gasteiger partial charge is 0.792 e. The second-order valence-electron chi connectivity index (χ2n) is 2.83. The lowest BCUT2D eigenvalue weighted by atomic mass is 10.3. The van der Waals surface area contributed by atoms with Crippen LogP contribution in [0, 0.1) is 5.21 Å². The first-order valence-corrected chi connectivity index (χ1v) is 4.10. The maximum Gasteiger partial charge on any atom is 0.261 e. The number of halogens is 1. The number of carbonyl (C=O) groups is 1. The Morgan fingerprint density at radius 3 is 3.07 bits per heavy atom. The third-order valence-corrected chi connectivity index (χ3v) is 1.64. The van der Waals surface area contributed by atoms with Crippen LogP contribution in [0.3, 0.4) is 0 Å². The predicted octanol–water partition coefficient (Wildman–Crippen LogP) is 0.314. The number of hydrogen-bond acceptors (Lipinski definition) is 3. The van der Waals surface area contributed by atoms with Crippen molar-refractivity contribution in [2.75, 3.05) is 0 Å². The highest BCUT2D eigenvalue weighted by molar-refractivity contribution is 14.0. The summed E-state index contributed by atoms with van der Waals surface area (Å²) in [5, 5.41) is 14.6. The van der Waals surface area contributed by atoms with E-state index in [4.69, 9.17) is 0 Å². The number of rotatable bonds is 3. The SMILES string of the molecule is C[n+]1cccc(CNC(=O)/C=N/[O-])c1.I. The van der Waals surface area contributed by atoms with E-state index in [0.717, 1.165) is 5.56 Å². The molecule has 0 bridgehead atoms. The molecule has 0 aliphatic rings. The van der Waals surface area contributed by atoms with Crippen molar-refractivity contribution in [3.8, 4) is 0 Å². The first kappa shape index (κ1) is 13.8. The van der Waals surface area contributed by atoms with Crippen LogP contribution in [0.2, 0.25) is 0 Å². The van der Waals surface area contributed by atoms with E-state index in [1.54, 1.807) is 0 Å². The fourth-order valence-electron chi connectivity index (χ4n) is 1.04. The van der Waals surface area contributed by atoms with Crippen molar-refractivity contribution in [3.05, 3.63) is 35.3 Å². The molecule has 1 rings (SSSR count). The Labute approximate surface area is 105 Å². The Morgan fingerprint density at radius 2 is 2.47 bits per heavy atom. The molecule has 1 aromatic rings. The van der Waals surface area contributed by atoms with Gasteiger partial charge in [-0.25, -0.2) is 4.57 Å². The van der Waals surface area contributed by atoms with Gasteiger partial charge < -0.3 is 15.7 Å². The minimum atomic E-state index is -0.480. The molecule has 5 nitrogen and oxygen atoms in total. The van der Waals surface area contributed by atoms with E-state index in [0.29, 0.717) is 12.8 Å². The van der Waals surface area contributed by atoms with Crippen molar-refractivity contribution in [1.29, 1.82) is 0 Å². The third kappa shape index (κ3) is 5.31. The van der Waals surface area contributed by atoms with Crippen molar-refractivity contribution >= 4 is 36.1 Å². The standard InChI is InChI=1S/C9H11N3O2.HI/c1-12-4-2-3-8(7-12)5-10-9(13)6-11-14;/h2-4,6-7H,5H2,1H3,(H-,10,13,14);1H. The summed E-state index contributed by atoms with van der Waals surface area (Å²) in [4.78, 5) is 10.8. The maximum absolute atomic E-state index is 10.8. The van der Waals surface area contributed by atoms with Gasteiger partial charge in [-0.3, -0.25) is 4.79 Å².